The number of sulfonamides is 1. The summed E-state index contributed by atoms with van der Waals surface area (Å²) in [5.74, 6) is 1.36. The largest absolute Gasteiger partial charge is 0.354 e. The smallest absolute Gasteiger partial charge is 0.240 e. The molecule has 0 unspecified atom stereocenters. The van der Waals surface area contributed by atoms with Crippen LogP contribution in [0.4, 0.5) is 5.69 Å². The molecule has 0 fully saturated rings. The zero-order valence-electron chi connectivity index (χ0n) is 17.2. The summed E-state index contributed by atoms with van der Waals surface area (Å²) in [4.78, 5) is 12.3. The van der Waals surface area contributed by atoms with Crippen molar-refractivity contribution in [2.24, 2.45) is 0 Å². The Kier molecular flexibility index (Phi) is 9.34. The van der Waals surface area contributed by atoms with Crippen LogP contribution in [0.5, 0.6) is 0 Å². The Bertz CT molecular complexity index is 965. The molecule has 164 valence electrons. The minimum atomic E-state index is -3.58. The molecule has 2 rings (SSSR count). The molecule has 1 N–H and O–H groups in total. The normalized spacial score (nSPS) is 11.5. The zero-order valence-corrected chi connectivity index (χ0v) is 20.3. The zero-order chi connectivity index (χ0) is 22.3. The van der Waals surface area contributed by atoms with Gasteiger partial charge in [-0.25, -0.2) is 8.42 Å². The van der Waals surface area contributed by atoms with E-state index in [1.807, 2.05) is 18.2 Å². The topological polar surface area (TPSA) is 66.5 Å². The molecular formula is C21H26Cl2N2O3S2. The quantitative estimate of drug-likeness (QED) is 0.481. The lowest BCUT2D eigenvalue weighted by Gasteiger charge is -2.22. The van der Waals surface area contributed by atoms with Crippen LogP contribution in [0.25, 0.3) is 0 Å². The molecule has 2 aromatic carbocycles. The third kappa shape index (κ3) is 7.69. The van der Waals surface area contributed by atoms with E-state index in [9.17, 15) is 13.2 Å². The first-order chi connectivity index (χ1) is 14.1. The fourth-order valence-corrected chi connectivity index (χ4v) is 4.97. The first-order valence-corrected chi connectivity index (χ1v) is 13.2. The van der Waals surface area contributed by atoms with E-state index in [-0.39, 0.29) is 12.5 Å². The molecule has 1 amide bonds. The van der Waals surface area contributed by atoms with E-state index in [0.717, 1.165) is 21.7 Å². The van der Waals surface area contributed by atoms with Gasteiger partial charge >= 0.3 is 0 Å². The summed E-state index contributed by atoms with van der Waals surface area (Å²) in [6.07, 6.45) is 1.10. The predicted molar refractivity (Wildman–Crippen MR) is 128 cm³/mol. The van der Waals surface area contributed by atoms with Crippen LogP contribution in [-0.4, -0.2) is 39.4 Å². The number of nitrogens with one attached hydrogen (secondary N) is 1. The van der Waals surface area contributed by atoms with Crippen molar-refractivity contribution < 1.29 is 13.2 Å². The Labute approximate surface area is 193 Å². The number of hydrogen-bond donors (Lipinski definition) is 1. The Morgan fingerprint density at radius 2 is 1.80 bits per heavy atom. The fraction of sp³-hybridized carbons (Fsp3) is 0.381. The number of amides is 1. The van der Waals surface area contributed by atoms with E-state index >= 15 is 0 Å². The number of halogens is 2. The lowest BCUT2D eigenvalue weighted by atomic mass is 10.0. The van der Waals surface area contributed by atoms with Gasteiger partial charge in [-0.1, -0.05) is 55.2 Å². The number of benzene rings is 2. The number of carbonyl (C=O) groups is 1. The third-order valence-electron chi connectivity index (χ3n) is 4.38. The second-order valence-electron chi connectivity index (χ2n) is 7.15. The van der Waals surface area contributed by atoms with Crippen molar-refractivity contribution in [1.82, 2.24) is 5.32 Å². The summed E-state index contributed by atoms with van der Waals surface area (Å²) in [5, 5.41) is 3.98. The SMILES string of the molecule is CC(C)c1ccc(N(CC(=O)NCCSCc2ccc(Cl)cc2Cl)S(C)(=O)=O)cc1. The van der Waals surface area contributed by atoms with Crippen LogP contribution in [0, 0.1) is 0 Å². The highest BCUT2D eigenvalue weighted by Crippen LogP contribution is 2.24. The van der Waals surface area contributed by atoms with Crippen LogP contribution in [0.2, 0.25) is 10.0 Å². The van der Waals surface area contributed by atoms with Crippen molar-refractivity contribution in [3.8, 4) is 0 Å². The predicted octanol–water partition coefficient (Wildman–Crippen LogP) is 4.93. The highest BCUT2D eigenvalue weighted by Gasteiger charge is 2.20. The van der Waals surface area contributed by atoms with Crippen LogP contribution < -0.4 is 9.62 Å². The summed E-state index contributed by atoms with van der Waals surface area (Å²) in [6, 6.07) is 12.6. The number of anilines is 1. The van der Waals surface area contributed by atoms with E-state index in [2.05, 4.69) is 19.2 Å². The Morgan fingerprint density at radius 3 is 2.37 bits per heavy atom. The van der Waals surface area contributed by atoms with Crippen LogP contribution in [-0.2, 0) is 20.6 Å². The molecule has 0 heterocycles. The standard InChI is InChI=1S/C21H26Cl2N2O3S2/c1-15(2)16-5-8-19(9-6-16)25(30(3,27)28)13-21(26)24-10-11-29-14-17-4-7-18(22)12-20(17)23/h4-9,12,15H,10-11,13-14H2,1-3H3,(H,24,26). The van der Waals surface area contributed by atoms with Gasteiger partial charge < -0.3 is 5.32 Å². The summed E-state index contributed by atoms with van der Waals surface area (Å²) in [6.45, 7) is 4.30. The molecule has 0 aliphatic rings. The maximum Gasteiger partial charge on any atom is 0.240 e. The minimum Gasteiger partial charge on any atom is -0.354 e. The summed E-state index contributed by atoms with van der Waals surface area (Å²) < 4.78 is 25.5. The molecule has 30 heavy (non-hydrogen) atoms. The molecule has 0 aromatic heterocycles. The van der Waals surface area contributed by atoms with E-state index < -0.39 is 10.0 Å². The van der Waals surface area contributed by atoms with Crippen molar-refractivity contribution in [2.45, 2.75) is 25.5 Å². The maximum absolute atomic E-state index is 12.3. The van der Waals surface area contributed by atoms with Gasteiger partial charge in [0.25, 0.3) is 0 Å². The van der Waals surface area contributed by atoms with E-state index in [1.165, 1.54) is 0 Å². The molecule has 5 nitrogen and oxygen atoms in total. The van der Waals surface area contributed by atoms with E-state index in [4.69, 9.17) is 23.2 Å². The average Bonchev–Trinajstić information content (AvgIpc) is 2.66. The first kappa shape index (κ1) is 24.9. The second kappa shape index (κ2) is 11.3. The monoisotopic (exact) mass is 488 g/mol. The molecule has 9 heteroatoms. The van der Waals surface area contributed by atoms with Gasteiger partial charge in [0.15, 0.2) is 0 Å². The van der Waals surface area contributed by atoms with Gasteiger partial charge in [0.2, 0.25) is 15.9 Å². The van der Waals surface area contributed by atoms with Crippen molar-refractivity contribution >= 4 is 56.6 Å². The summed E-state index contributed by atoms with van der Waals surface area (Å²) in [5.41, 5.74) is 2.56. The highest BCUT2D eigenvalue weighted by molar-refractivity contribution is 7.98. The van der Waals surface area contributed by atoms with Crippen LogP contribution in [0.3, 0.4) is 0 Å². The van der Waals surface area contributed by atoms with Crippen molar-refractivity contribution in [3.05, 3.63) is 63.6 Å². The third-order valence-corrected chi connectivity index (χ3v) is 7.11. The first-order valence-electron chi connectivity index (χ1n) is 9.44. The van der Waals surface area contributed by atoms with Gasteiger partial charge in [0.05, 0.1) is 11.9 Å². The van der Waals surface area contributed by atoms with Gasteiger partial charge in [-0.05, 0) is 41.3 Å². The summed E-state index contributed by atoms with van der Waals surface area (Å²) in [7, 11) is -3.58. The van der Waals surface area contributed by atoms with E-state index in [1.54, 1.807) is 36.0 Å². The number of carbonyl (C=O) groups excluding carboxylic acids is 1. The van der Waals surface area contributed by atoms with Gasteiger partial charge in [0.1, 0.15) is 6.54 Å². The average molecular weight is 489 g/mol. The maximum atomic E-state index is 12.3. The number of hydrogen-bond acceptors (Lipinski definition) is 4. The molecule has 0 atom stereocenters. The summed E-state index contributed by atoms with van der Waals surface area (Å²) >= 11 is 13.7. The van der Waals surface area contributed by atoms with Crippen molar-refractivity contribution in [3.63, 3.8) is 0 Å². The van der Waals surface area contributed by atoms with Crippen LogP contribution in [0.15, 0.2) is 42.5 Å². The lowest BCUT2D eigenvalue weighted by molar-refractivity contribution is -0.119. The Balaban J connectivity index is 1.86. The molecule has 0 radical (unpaired) electrons. The minimum absolute atomic E-state index is 0.256. The molecule has 0 spiro atoms. The van der Waals surface area contributed by atoms with Gasteiger partial charge in [0, 0.05) is 28.1 Å². The lowest BCUT2D eigenvalue weighted by Crippen LogP contribution is -2.41. The molecule has 0 bridgehead atoms. The van der Waals surface area contributed by atoms with Gasteiger partial charge in [-0.2, -0.15) is 11.8 Å². The number of rotatable bonds is 10. The molecule has 0 aliphatic heterocycles. The number of thioether (sulfide) groups is 1. The van der Waals surface area contributed by atoms with Crippen molar-refractivity contribution in [2.75, 3.05) is 29.4 Å². The fourth-order valence-electron chi connectivity index (χ4n) is 2.70. The van der Waals surface area contributed by atoms with Crippen molar-refractivity contribution in [1.29, 1.82) is 0 Å². The molecule has 2 aromatic rings. The Morgan fingerprint density at radius 1 is 1.13 bits per heavy atom. The molecule has 0 saturated carbocycles. The number of nitrogens with zero attached hydrogens (tertiary/aromatic N) is 1. The van der Waals surface area contributed by atoms with Crippen LogP contribution >= 0.6 is 35.0 Å². The molecular weight excluding hydrogens is 463 g/mol. The van der Waals surface area contributed by atoms with E-state index in [0.29, 0.717) is 39.7 Å². The second-order valence-corrected chi connectivity index (χ2v) is 11.0. The van der Waals surface area contributed by atoms with Crippen LogP contribution in [0.1, 0.15) is 30.9 Å². The molecule has 0 saturated heterocycles. The highest BCUT2D eigenvalue weighted by atomic mass is 35.5. The Hall–Kier alpha value is -1.41. The molecule has 0 aliphatic carbocycles. The van der Waals surface area contributed by atoms with Gasteiger partial charge in [-0.15, -0.1) is 0 Å². The van der Waals surface area contributed by atoms with Gasteiger partial charge in [-0.3, -0.25) is 9.10 Å².